The molecule has 0 aliphatic heterocycles. The summed E-state index contributed by atoms with van der Waals surface area (Å²) in [4.78, 5) is 16.2. The Labute approximate surface area is 132 Å². The van der Waals surface area contributed by atoms with Crippen LogP contribution in [-0.2, 0) is 4.79 Å². The molecule has 0 aliphatic rings. The van der Waals surface area contributed by atoms with E-state index < -0.39 is 6.10 Å². The highest BCUT2D eigenvalue weighted by Gasteiger charge is 2.17. The van der Waals surface area contributed by atoms with Gasteiger partial charge in [-0.15, -0.1) is 0 Å². The van der Waals surface area contributed by atoms with Crippen LogP contribution in [0.1, 0.15) is 25.5 Å². The molecule has 0 unspecified atom stereocenters. The van der Waals surface area contributed by atoms with E-state index in [2.05, 4.69) is 26.2 Å². The molecule has 2 atom stereocenters. The van der Waals surface area contributed by atoms with Crippen LogP contribution >= 0.6 is 15.9 Å². The molecule has 1 amide bonds. The first-order chi connectivity index (χ1) is 10.1. The van der Waals surface area contributed by atoms with Crippen molar-refractivity contribution in [3.05, 3.63) is 58.8 Å². The molecule has 0 saturated carbocycles. The molecule has 1 N–H and O–H groups in total. The highest BCUT2D eigenvalue weighted by molar-refractivity contribution is 9.10. The van der Waals surface area contributed by atoms with Gasteiger partial charge in [0.25, 0.3) is 5.91 Å². The van der Waals surface area contributed by atoms with Gasteiger partial charge in [-0.25, -0.2) is 0 Å². The SMILES string of the molecule is C[C@H](Oc1cccc(Br)c1)C(=O)N[C@H](C)c1cccnc1. The van der Waals surface area contributed by atoms with Crippen molar-refractivity contribution in [1.29, 1.82) is 0 Å². The predicted octanol–water partition coefficient (Wildman–Crippen LogP) is 3.49. The van der Waals surface area contributed by atoms with Crippen LogP contribution in [0, 0.1) is 0 Å². The average Bonchev–Trinajstić information content (AvgIpc) is 2.48. The third-order valence-electron chi connectivity index (χ3n) is 3.02. The maximum absolute atomic E-state index is 12.1. The van der Waals surface area contributed by atoms with Crippen molar-refractivity contribution >= 4 is 21.8 Å². The number of carbonyl (C=O) groups is 1. The topological polar surface area (TPSA) is 51.2 Å². The van der Waals surface area contributed by atoms with Gasteiger partial charge in [0.05, 0.1) is 6.04 Å². The van der Waals surface area contributed by atoms with E-state index in [1.165, 1.54) is 0 Å². The van der Waals surface area contributed by atoms with Crippen LogP contribution in [-0.4, -0.2) is 17.0 Å². The molecule has 0 saturated heterocycles. The monoisotopic (exact) mass is 348 g/mol. The molecular weight excluding hydrogens is 332 g/mol. The summed E-state index contributed by atoms with van der Waals surface area (Å²) in [5.41, 5.74) is 0.959. The Hall–Kier alpha value is -1.88. The molecule has 0 bridgehead atoms. The molecule has 110 valence electrons. The summed E-state index contributed by atoms with van der Waals surface area (Å²) in [7, 11) is 0. The number of benzene rings is 1. The van der Waals surface area contributed by atoms with Gasteiger partial charge in [0.1, 0.15) is 5.75 Å². The normalized spacial score (nSPS) is 13.3. The van der Waals surface area contributed by atoms with Crippen molar-refractivity contribution in [2.45, 2.75) is 26.0 Å². The quantitative estimate of drug-likeness (QED) is 0.899. The van der Waals surface area contributed by atoms with Gasteiger partial charge < -0.3 is 10.1 Å². The van der Waals surface area contributed by atoms with Crippen molar-refractivity contribution in [3.63, 3.8) is 0 Å². The van der Waals surface area contributed by atoms with E-state index in [1.54, 1.807) is 19.3 Å². The Morgan fingerprint density at radius 1 is 1.29 bits per heavy atom. The lowest BCUT2D eigenvalue weighted by Crippen LogP contribution is -2.37. The molecule has 4 nitrogen and oxygen atoms in total. The van der Waals surface area contributed by atoms with Gasteiger partial charge in [-0.05, 0) is 43.7 Å². The Morgan fingerprint density at radius 3 is 2.76 bits per heavy atom. The summed E-state index contributed by atoms with van der Waals surface area (Å²) in [6.45, 7) is 3.65. The van der Waals surface area contributed by atoms with E-state index in [1.807, 2.05) is 43.3 Å². The second-order valence-electron chi connectivity index (χ2n) is 4.73. The van der Waals surface area contributed by atoms with Crippen LogP contribution in [0.3, 0.4) is 0 Å². The molecule has 2 rings (SSSR count). The van der Waals surface area contributed by atoms with Crippen molar-refractivity contribution < 1.29 is 9.53 Å². The first-order valence-electron chi connectivity index (χ1n) is 6.69. The first kappa shape index (κ1) is 15.5. The Bertz CT molecular complexity index is 604. The van der Waals surface area contributed by atoms with Gasteiger partial charge in [-0.3, -0.25) is 9.78 Å². The maximum Gasteiger partial charge on any atom is 0.261 e. The summed E-state index contributed by atoms with van der Waals surface area (Å²) in [5, 5.41) is 2.92. The molecule has 0 aliphatic carbocycles. The molecular formula is C16H17BrN2O2. The summed E-state index contributed by atoms with van der Waals surface area (Å²) in [6.07, 6.45) is 2.88. The van der Waals surface area contributed by atoms with E-state index in [4.69, 9.17) is 4.74 Å². The number of hydrogen-bond donors (Lipinski definition) is 1. The van der Waals surface area contributed by atoms with Crippen molar-refractivity contribution in [2.75, 3.05) is 0 Å². The zero-order valence-corrected chi connectivity index (χ0v) is 13.5. The Kier molecular flexibility index (Phi) is 5.33. The second kappa shape index (κ2) is 7.22. The minimum Gasteiger partial charge on any atom is -0.481 e. The molecule has 0 fully saturated rings. The van der Waals surface area contributed by atoms with E-state index in [-0.39, 0.29) is 11.9 Å². The van der Waals surface area contributed by atoms with Gasteiger partial charge in [-0.1, -0.05) is 28.1 Å². The lowest BCUT2D eigenvalue weighted by molar-refractivity contribution is -0.127. The molecule has 21 heavy (non-hydrogen) atoms. The largest absolute Gasteiger partial charge is 0.481 e. The van der Waals surface area contributed by atoms with E-state index in [9.17, 15) is 4.79 Å². The number of ether oxygens (including phenoxy) is 1. The lowest BCUT2D eigenvalue weighted by Gasteiger charge is -2.18. The van der Waals surface area contributed by atoms with Gasteiger partial charge >= 0.3 is 0 Å². The fraction of sp³-hybridized carbons (Fsp3) is 0.250. The number of carbonyl (C=O) groups excluding carboxylic acids is 1. The van der Waals surface area contributed by atoms with Crippen molar-refractivity contribution in [3.8, 4) is 5.75 Å². The standard InChI is InChI=1S/C16H17BrN2O2/c1-11(13-5-4-8-18-10-13)19-16(20)12(2)21-15-7-3-6-14(17)9-15/h3-12H,1-2H3,(H,19,20)/t11-,12+/m1/s1. The zero-order chi connectivity index (χ0) is 15.2. The Balaban J connectivity index is 1.94. The molecule has 1 aromatic heterocycles. The number of pyridine rings is 1. The fourth-order valence-corrected chi connectivity index (χ4v) is 2.22. The van der Waals surface area contributed by atoms with Crippen LogP contribution in [0.5, 0.6) is 5.75 Å². The number of rotatable bonds is 5. The lowest BCUT2D eigenvalue weighted by atomic mass is 10.1. The van der Waals surface area contributed by atoms with Crippen LogP contribution in [0.2, 0.25) is 0 Å². The molecule has 0 radical (unpaired) electrons. The number of aromatic nitrogens is 1. The Morgan fingerprint density at radius 2 is 2.10 bits per heavy atom. The van der Waals surface area contributed by atoms with E-state index >= 15 is 0 Å². The minimum absolute atomic E-state index is 0.111. The average molecular weight is 349 g/mol. The predicted molar refractivity (Wildman–Crippen MR) is 85.0 cm³/mol. The van der Waals surface area contributed by atoms with Crippen LogP contribution < -0.4 is 10.1 Å². The summed E-state index contributed by atoms with van der Waals surface area (Å²) < 4.78 is 6.55. The molecule has 0 spiro atoms. The van der Waals surface area contributed by atoms with E-state index in [0.717, 1.165) is 10.0 Å². The van der Waals surface area contributed by atoms with Gasteiger partial charge in [-0.2, -0.15) is 0 Å². The molecule has 1 heterocycles. The summed E-state index contributed by atoms with van der Waals surface area (Å²) >= 11 is 3.37. The minimum atomic E-state index is -0.571. The summed E-state index contributed by atoms with van der Waals surface area (Å²) in [6, 6.07) is 11.1. The first-order valence-corrected chi connectivity index (χ1v) is 7.48. The van der Waals surface area contributed by atoms with Gasteiger partial charge in [0.2, 0.25) is 0 Å². The number of nitrogens with one attached hydrogen (secondary N) is 1. The fourth-order valence-electron chi connectivity index (χ4n) is 1.84. The number of hydrogen-bond acceptors (Lipinski definition) is 3. The van der Waals surface area contributed by atoms with Crippen LogP contribution in [0.15, 0.2) is 53.3 Å². The maximum atomic E-state index is 12.1. The van der Waals surface area contributed by atoms with Gasteiger partial charge in [0, 0.05) is 16.9 Å². The van der Waals surface area contributed by atoms with Crippen molar-refractivity contribution in [2.24, 2.45) is 0 Å². The van der Waals surface area contributed by atoms with Crippen molar-refractivity contribution in [1.82, 2.24) is 10.3 Å². The van der Waals surface area contributed by atoms with E-state index in [0.29, 0.717) is 5.75 Å². The second-order valence-corrected chi connectivity index (χ2v) is 5.65. The molecule has 2 aromatic rings. The zero-order valence-electron chi connectivity index (χ0n) is 11.9. The third-order valence-corrected chi connectivity index (χ3v) is 3.51. The highest BCUT2D eigenvalue weighted by atomic mass is 79.9. The third kappa shape index (κ3) is 4.56. The summed E-state index contributed by atoms with van der Waals surface area (Å²) in [5.74, 6) is 0.493. The molecule has 1 aromatic carbocycles. The van der Waals surface area contributed by atoms with Crippen LogP contribution in [0.4, 0.5) is 0 Å². The smallest absolute Gasteiger partial charge is 0.261 e. The number of amides is 1. The van der Waals surface area contributed by atoms with Crippen LogP contribution in [0.25, 0.3) is 0 Å². The molecule has 5 heteroatoms. The number of nitrogens with zero attached hydrogens (tertiary/aromatic N) is 1. The number of halogens is 1. The van der Waals surface area contributed by atoms with Gasteiger partial charge in [0.15, 0.2) is 6.10 Å². The highest BCUT2D eigenvalue weighted by Crippen LogP contribution is 2.19.